The van der Waals surface area contributed by atoms with Crippen molar-refractivity contribution < 1.29 is 9.18 Å². The van der Waals surface area contributed by atoms with Crippen LogP contribution in [0, 0.1) is 5.82 Å². The van der Waals surface area contributed by atoms with E-state index in [1.54, 1.807) is 42.5 Å². The highest BCUT2D eigenvalue weighted by Crippen LogP contribution is 2.15. The Balaban J connectivity index is 1.90. The maximum atomic E-state index is 13.4. The van der Waals surface area contributed by atoms with Crippen molar-refractivity contribution >= 4 is 23.2 Å². The minimum atomic E-state index is -0.280. The van der Waals surface area contributed by atoms with Gasteiger partial charge in [0.15, 0.2) is 0 Å². The maximum absolute atomic E-state index is 13.4. The number of hydrogen-bond acceptors (Lipinski definition) is 1. The molecule has 0 saturated carbocycles. The van der Waals surface area contributed by atoms with Gasteiger partial charge in [-0.05, 0) is 36.2 Å². The first-order valence-electron chi connectivity index (χ1n) is 5.94. The van der Waals surface area contributed by atoms with E-state index in [0.29, 0.717) is 22.7 Å². The van der Waals surface area contributed by atoms with Gasteiger partial charge in [-0.15, -0.1) is 0 Å². The molecule has 2 aromatic rings. The van der Waals surface area contributed by atoms with Crippen LogP contribution in [0.15, 0.2) is 48.5 Å². The number of rotatable bonds is 4. The summed E-state index contributed by atoms with van der Waals surface area (Å²) in [5.74, 6) is -0.441. The highest BCUT2D eigenvalue weighted by atomic mass is 35.5. The lowest BCUT2D eigenvalue weighted by Gasteiger charge is -2.06. The second-order valence-electron chi connectivity index (χ2n) is 4.15. The summed E-state index contributed by atoms with van der Waals surface area (Å²) < 4.78 is 13.4. The van der Waals surface area contributed by atoms with Gasteiger partial charge in [-0.3, -0.25) is 4.79 Å². The summed E-state index contributed by atoms with van der Waals surface area (Å²) in [4.78, 5) is 11.7. The largest absolute Gasteiger partial charge is 0.326 e. The summed E-state index contributed by atoms with van der Waals surface area (Å²) in [6, 6.07) is 13.4. The Morgan fingerprint density at radius 1 is 1.16 bits per heavy atom. The van der Waals surface area contributed by atoms with Crippen molar-refractivity contribution in [3.8, 4) is 0 Å². The van der Waals surface area contributed by atoms with Crippen molar-refractivity contribution in [3.05, 3.63) is 64.9 Å². The highest BCUT2D eigenvalue weighted by molar-refractivity contribution is 6.30. The predicted octanol–water partition coefficient (Wildman–Crippen LogP) is 4.05. The van der Waals surface area contributed by atoms with Crippen molar-refractivity contribution in [2.45, 2.75) is 12.8 Å². The minimum Gasteiger partial charge on any atom is -0.326 e. The van der Waals surface area contributed by atoms with E-state index < -0.39 is 0 Å². The first kappa shape index (κ1) is 13.6. The average molecular weight is 278 g/mol. The van der Waals surface area contributed by atoms with Crippen LogP contribution in [0.4, 0.5) is 10.1 Å². The van der Waals surface area contributed by atoms with Crippen molar-refractivity contribution in [2.75, 3.05) is 5.32 Å². The van der Waals surface area contributed by atoms with E-state index in [9.17, 15) is 9.18 Å². The molecule has 1 amide bonds. The monoisotopic (exact) mass is 277 g/mol. The predicted molar refractivity (Wildman–Crippen MR) is 74.8 cm³/mol. The number of nitrogens with one attached hydrogen (secondary N) is 1. The molecule has 0 heterocycles. The highest BCUT2D eigenvalue weighted by Gasteiger charge is 2.06. The first-order valence-corrected chi connectivity index (χ1v) is 6.32. The SMILES string of the molecule is O=C(CCc1ccccc1F)Nc1cccc(Cl)c1. The number of aryl methyl sites for hydroxylation is 1. The number of carbonyl (C=O) groups excluding carboxylic acids is 1. The van der Waals surface area contributed by atoms with E-state index in [2.05, 4.69) is 5.32 Å². The van der Waals surface area contributed by atoms with Crippen molar-refractivity contribution in [1.82, 2.24) is 0 Å². The lowest BCUT2D eigenvalue weighted by Crippen LogP contribution is -2.12. The molecular weight excluding hydrogens is 265 g/mol. The summed E-state index contributed by atoms with van der Waals surface area (Å²) in [5, 5.41) is 3.29. The zero-order chi connectivity index (χ0) is 13.7. The number of anilines is 1. The van der Waals surface area contributed by atoms with Gasteiger partial charge >= 0.3 is 0 Å². The molecule has 4 heteroatoms. The Morgan fingerprint density at radius 2 is 1.95 bits per heavy atom. The standard InChI is InChI=1S/C15H13ClFNO/c16-12-5-3-6-13(10-12)18-15(19)9-8-11-4-1-2-7-14(11)17/h1-7,10H,8-9H2,(H,18,19). The molecule has 0 atom stereocenters. The number of amides is 1. The Bertz CT molecular complexity index is 586. The van der Waals surface area contributed by atoms with Crippen LogP contribution in [0.25, 0.3) is 0 Å². The number of hydrogen-bond donors (Lipinski definition) is 1. The zero-order valence-electron chi connectivity index (χ0n) is 10.2. The van der Waals surface area contributed by atoms with Crippen LogP contribution in [0.3, 0.4) is 0 Å². The van der Waals surface area contributed by atoms with Gasteiger partial charge in [0.1, 0.15) is 5.82 Å². The molecule has 0 bridgehead atoms. The van der Waals surface area contributed by atoms with Gasteiger partial charge in [0.2, 0.25) is 5.91 Å². The van der Waals surface area contributed by atoms with E-state index in [-0.39, 0.29) is 18.1 Å². The van der Waals surface area contributed by atoms with Crippen molar-refractivity contribution in [1.29, 1.82) is 0 Å². The van der Waals surface area contributed by atoms with Crippen molar-refractivity contribution in [2.24, 2.45) is 0 Å². The normalized spacial score (nSPS) is 10.2. The minimum absolute atomic E-state index is 0.162. The second kappa shape index (κ2) is 6.34. The van der Waals surface area contributed by atoms with E-state index in [1.807, 2.05) is 0 Å². The maximum Gasteiger partial charge on any atom is 0.224 e. The van der Waals surface area contributed by atoms with Crippen LogP contribution < -0.4 is 5.32 Å². The molecule has 1 N–H and O–H groups in total. The third kappa shape index (κ3) is 4.07. The smallest absolute Gasteiger partial charge is 0.224 e. The molecule has 0 aromatic heterocycles. The molecule has 0 aliphatic heterocycles. The molecule has 0 aliphatic rings. The van der Waals surface area contributed by atoms with Gasteiger partial charge in [-0.1, -0.05) is 35.9 Å². The molecule has 0 saturated heterocycles. The number of carbonyl (C=O) groups is 1. The van der Waals surface area contributed by atoms with Crippen LogP contribution in [0.5, 0.6) is 0 Å². The van der Waals surface area contributed by atoms with E-state index in [4.69, 9.17) is 11.6 Å². The van der Waals surface area contributed by atoms with Crippen LogP contribution in [-0.4, -0.2) is 5.91 Å². The molecule has 2 rings (SSSR count). The molecular formula is C15H13ClFNO. The lowest BCUT2D eigenvalue weighted by molar-refractivity contribution is -0.116. The van der Waals surface area contributed by atoms with Crippen LogP contribution >= 0.6 is 11.6 Å². The Morgan fingerprint density at radius 3 is 2.68 bits per heavy atom. The zero-order valence-corrected chi connectivity index (χ0v) is 11.0. The summed E-state index contributed by atoms with van der Waals surface area (Å²) >= 11 is 5.82. The summed E-state index contributed by atoms with van der Waals surface area (Å²) in [5.41, 5.74) is 1.19. The molecule has 0 unspecified atom stereocenters. The van der Waals surface area contributed by atoms with Crippen LogP contribution in [0.2, 0.25) is 5.02 Å². The topological polar surface area (TPSA) is 29.1 Å². The van der Waals surface area contributed by atoms with Gasteiger partial charge in [0, 0.05) is 17.1 Å². The van der Waals surface area contributed by atoms with E-state index in [0.717, 1.165) is 0 Å². The molecule has 0 fully saturated rings. The van der Waals surface area contributed by atoms with Gasteiger partial charge in [-0.25, -0.2) is 4.39 Å². The molecule has 0 radical (unpaired) electrons. The molecule has 0 aliphatic carbocycles. The van der Waals surface area contributed by atoms with Crippen LogP contribution in [0.1, 0.15) is 12.0 Å². The fourth-order valence-corrected chi connectivity index (χ4v) is 1.93. The third-order valence-electron chi connectivity index (χ3n) is 2.69. The Hall–Kier alpha value is -1.87. The Labute approximate surface area is 116 Å². The van der Waals surface area contributed by atoms with Gasteiger partial charge < -0.3 is 5.32 Å². The summed E-state index contributed by atoms with van der Waals surface area (Å²) in [6.45, 7) is 0. The Kier molecular flexibility index (Phi) is 4.53. The summed E-state index contributed by atoms with van der Waals surface area (Å²) in [6.07, 6.45) is 0.604. The van der Waals surface area contributed by atoms with Crippen molar-refractivity contribution in [3.63, 3.8) is 0 Å². The fourth-order valence-electron chi connectivity index (χ4n) is 1.74. The van der Waals surface area contributed by atoms with Crippen LogP contribution in [-0.2, 0) is 11.2 Å². The second-order valence-corrected chi connectivity index (χ2v) is 4.59. The molecule has 0 spiro atoms. The third-order valence-corrected chi connectivity index (χ3v) is 2.92. The van der Waals surface area contributed by atoms with Gasteiger partial charge in [0.05, 0.1) is 0 Å². The van der Waals surface area contributed by atoms with E-state index in [1.165, 1.54) is 6.07 Å². The average Bonchev–Trinajstić information content (AvgIpc) is 2.38. The van der Waals surface area contributed by atoms with Gasteiger partial charge in [0.25, 0.3) is 0 Å². The lowest BCUT2D eigenvalue weighted by atomic mass is 10.1. The molecule has 2 aromatic carbocycles. The van der Waals surface area contributed by atoms with Gasteiger partial charge in [-0.2, -0.15) is 0 Å². The fraction of sp³-hybridized carbons (Fsp3) is 0.133. The number of benzene rings is 2. The first-order chi connectivity index (χ1) is 9.15. The molecule has 98 valence electrons. The van der Waals surface area contributed by atoms with E-state index >= 15 is 0 Å². The molecule has 2 nitrogen and oxygen atoms in total. The summed E-state index contributed by atoms with van der Waals surface area (Å²) in [7, 11) is 0. The number of halogens is 2. The molecule has 19 heavy (non-hydrogen) atoms. The quantitative estimate of drug-likeness (QED) is 0.897.